The van der Waals surface area contributed by atoms with Gasteiger partial charge < -0.3 is 9.15 Å². The van der Waals surface area contributed by atoms with E-state index in [0.29, 0.717) is 34.5 Å². The summed E-state index contributed by atoms with van der Waals surface area (Å²) >= 11 is 7.13. The molecule has 3 aromatic rings. The number of rotatable bonds is 4. The average Bonchev–Trinajstić information content (AvgIpc) is 3.20. The summed E-state index contributed by atoms with van der Waals surface area (Å²) in [5.41, 5.74) is 2.87. The van der Waals surface area contributed by atoms with Gasteiger partial charge in [0, 0.05) is 11.3 Å². The monoisotopic (exact) mass is 489 g/mol. The Balaban J connectivity index is 1.66. The van der Waals surface area contributed by atoms with Crippen LogP contribution in [0.25, 0.3) is 16.7 Å². The summed E-state index contributed by atoms with van der Waals surface area (Å²) in [4.78, 5) is 27.1. The highest BCUT2D eigenvalue weighted by Gasteiger charge is 2.40. The summed E-state index contributed by atoms with van der Waals surface area (Å²) < 4.78 is 11.3. The second-order valence-electron chi connectivity index (χ2n) is 9.42. The maximum absolute atomic E-state index is 12.2. The van der Waals surface area contributed by atoms with Crippen molar-refractivity contribution >= 4 is 46.3 Å². The molecule has 1 aliphatic rings. The maximum atomic E-state index is 12.2. The predicted octanol–water partition coefficient (Wildman–Crippen LogP) is 6.59. The van der Waals surface area contributed by atoms with Gasteiger partial charge in [-0.25, -0.2) is 9.78 Å². The number of halogens is 1. The van der Waals surface area contributed by atoms with Gasteiger partial charge in [0.15, 0.2) is 5.58 Å². The number of oxazole rings is 1. The molecule has 0 bridgehead atoms. The van der Waals surface area contributed by atoms with Gasteiger partial charge in [-0.3, -0.25) is 10.1 Å². The van der Waals surface area contributed by atoms with E-state index in [0.717, 1.165) is 11.1 Å². The molecule has 0 spiro atoms. The first-order valence-electron chi connectivity index (χ1n) is 11.0. The number of allylic oxidation sites excluding steroid dienone is 4. The number of hydrogen-bond donors (Lipinski definition) is 1. The van der Waals surface area contributed by atoms with Gasteiger partial charge in [0.1, 0.15) is 23.5 Å². The van der Waals surface area contributed by atoms with Crippen LogP contribution in [0.5, 0.6) is 0 Å². The van der Waals surface area contributed by atoms with E-state index in [4.69, 9.17) is 20.8 Å². The summed E-state index contributed by atoms with van der Waals surface area (Å²) in [5, 5.41) is 12.2. The summed E-state index contributed by atoms with van der Waals surface area (Å²) in [7, 11) is 0. The molecular formula is C27H24ClN3O4. The van der Waals surface area contributed by atoms with Crippen molar-refractivity contribution in [3.8, 4) is 6.07 Å². The number of aromatic nitrogens is 1. The zero-order valence-corrected chi connectivity index (χ0v) is 20.5. The van der Waals surface area contributed by atoms with Crippen LogP contribution in [0.3, 0.4) is 0 Å². The number of aldehydes is 1. The Kier molecular flexibility index (Phi) is 6.27. The lowest BCUT2D eigenvalue weighted by Crippen LogP contribution is -2.29. The quantitative estimate of drug-likeness (QED) is 0.327. The number of ether oxygens (including phenoxy) is 1. The van der Waals surface area contributed by atoms with Gasteiger partial charge >= 0.3 is 6.09 Å². The number of fused-ring (bicyclic) bond motifs is 1. The van der Waals surface area contributed by atoms with Crippen LogP contribution >= 0.6 is 11.6 Å². The number of alkyl halides is 1. The van der Waals surface area contributed by atoms with Gasteiger partial charge in [-0.15, -0.1) is 11.6 Å². The second kappa shape index (κ2) is 9.05. The summed E-state index contributed by atoms with van der Waals surface area (Å²) in [5.74, 6) is -0.118. The Morgan fingerprint density at radius 2 is 2.09 bits per heavy atom. The highest BCUT2D eigenvalue weighted by atomic mass is 35.5. The number of anilines is 1. The highest BCUT2D eigenvalue weighted by molar-refractivity contribution is 6.31. The van der Waals surface area contributed by atoms with Crippen molar-refractivity contribution in [3.05, 3.63) is 77.2 Å². The number of benzene rings is 2. The molecule has 1 aliphatic carbocycles. The normalized spacial score (nSPS) is 19.7. The molecule has 0 saturated carbocycles. The first-order valence-corrected chi connectivity index (χ1v) is 11.4. The minimum Gasteiger partial charge on any atom is -0.444 e. The van der Waals surface area contributed by atoms with Crippen LogP contribution in [0.15, 0.2) is 59.0 Å². The number of nitrogens with zero attached hydrogens (tertiary/aromatic N) is 2. The zero-order chi connectivity index (χ0) is 25.4. The molecule has 1 N–H and O–H groups in total. The summed E-state index contributed by atoms with van der Waals surface area (Å²) in [6.45, 7) is 7.26. The lowest BCUT2D eigenvalue weighted by Gasteiger charge is -2.33. The highest BCUT2D eigenvalue weighted by Crippen LogP contribution is 2.47. The molecular weight excluding hydrogens is 466 g/mol. The molecule has 0 fully saturated rings. The van der Waals surface area contributed by atoms with E-state index in [-0.39, 0.29) is 5.56 Å². The van der Waals surface area contributed by atoms with Crippen molar-refractivity contribution in [2.45, 2.75) is 44.1 Å². The Morgan fingerprint density at radius 1 is 1.31 bits per heavy atom. The molecule has 7 nitrogen and oxygen atoms in total. The fraction of sp³-hybridized carbons (Fsp3) is 0.259. The Bertz CT molecular complexity index is 1420. The summed E-state index contributed by atoms with van der Waals surface area (Å²) in [6.07, 6.45) is 5.78. The number of hydrogen-bond acceptors (Lipinski definition) is 6. The van der Waals surface area contributed by atoms with Crippen LogP contribution in [0.2, 0.25) is 0 Å². The van der Waals surface area contributed by atoms with Crippen LogP contribution in [-0.2, 0) is 4.74 Å². The van der Waals surface area contributed by atoms with Crippen LogP contribution in [0, 0.1) is 11.3 Å². The third kappa shape index (κ3) is 4.98. The fourth-order valence-electron chi connectivity index (χ4n) is 4.01. The molecule has 2 atom stereocenters. The molecule has 1 aromatic heterocycles. The molecule has 2 unspecified atom stereocenters. The number of amides is 1. The summed E-state index contributed by atoms with van der Waals surface area (Å²) in [6, 6.07) is 12.4. The number of nitrogens with one attached hydrogen (secondary N) is 1. The van der Waals surface area contributed by atoms with E-state index in [2.05, 4.69) is 16.4 Å². The molecule has 0 saturated heterocycles. The van der Waals surface area contributed by atoms with E-state index >= 15 is 0 Å². The van der Waals surface area contributed by atoms with E-state index < -0.39 is 22.5 Å². The fourth-order valence-corrected chi connectivity index (χ4v) is 4.35. The van der Waals surface area contributed by atoms with Gasteiger partial charge in [-0.05, 0) is 63.1 Å². The average molecular weight is 490 g/mol. The largest absolute Gasteiger partial charge is 0.444 e. The third-order valence-electron chi connectivity index (χ3n) is 5.55. The smallest absolute Gasteiger partial charge is 0.412 e. The minimum atomic E-state index is -0.958. The Morgan fingerprint density at radius 3 is 2.77 bits per heavy atom. The topological polar surface area (TPSA) is 105 Å². The Labute approximate surface area is 208 Å². The zero-order valence-electron chi connectivity index (χ0n) is 19.8. The van der Waals surface area contributed by atoms with E-state index in [1.165, 1.54) is 6.07 Å². The standard InChI is InChI=1S/C27H24ClN3O4/c1-26(2,3)35-25(33)30-19-8-5-7-17(13-19)20-9-6-10-21(27(20,4)28)24-31-22-12-16(15-32)11-18(14-29)23(22)34-24/h5-13,15,21H,1-4H3,(H,30,33). The van der Waals surface area contributed by atoms with Crippen LogP contribution < -0.4 is 5.32 Å². The van der Waals surface area contributed by atoms with Gasteiger partial charge in [0.2, 0.25) is 5.89 Å². The lowest BCUT2D eigenvalue weighted by molar-refractivity contribution is 0.0636. The molecule has 35 heavy (non-hydrogen) atoms. The third-order valence-corrected chi connectivity index (χ3v) is 5.99. The molecule has 2 aromatic carbocycles. The van der Waals surface area contributed by atoms with Crippen LogP contribution in [0.1, 0.15) is 61.0 Å². The molecule has 8 heteroatoms. The molecule has 0 aliphatic heterocycles. The van der Waals surface area contributed by atoms with Gasteiger partial charge in [0.05, 0.1) is 16.4 Å². The number of carbonyl (C=O) groups is 2. The Hall–Kier alpha value is -3.89. The second-order valence-corrected chi connectivity index (χ2v) is 10.2. The molecule has 4 rings (SSSR count). The van der Waals surface area contributed by atoms with Crippen molar-refractivity contribution in [2.75, 3.05) is 5.32 Å². The maximum Gasteiger partial charge on any atom is 0.412 e. The lowest BCUT2D eigenvalue weighted by atomic mass is 9.79. The van der Waals surface area contributed by atoms with Gasteiger partial charge in [-0.1, -0.05) is 30.4 Å². The van der Waals surface area contributed by atoms with Crippen molar-refractivity contribution in [1.29, 1.82) is 5.26 Å². The van der Waals surface area contributed by atoms with Crippen molar-refractivity contribution in [1.82, 2.24) is 4.98 Å². The predicted molar refractivity (Wildman–Crippen MR) is 135 cm³/mol. The molecule has 1 amide bonds. The minimum absolute atomic E-state index is 0.232. The van der Waals surface area contributed by atoms with E-state index in [1.54, 1.807) is 32.9 Å². The molecule has 0 radical (unpaired) electrons. The molecule has 1 heterocycles. The number of carbonyl (C=O) groups excluding carboxylic acids is 2. The van der Waals surface area contributed by atoms with Crippen molar-refractivity contribution < 1.29 is 18.7 Å². The van der Waals surface area contributed by atoms with Crippen LogP contribution in [0.4, 0.5) is 10.5 Å². The first kappa shape index (κ1) is 24.2. The molecule has 178 valence electrons. The van der Waals surface area contributed by atoms with Crippen LogP contribution in [-0.4, -0.2) is 27.8 Å². The van der Waals surface area contributed by atoms with Gasteiger partial charge in [0.25, 0.3) is 0 Å². The van der Waals surface area contributed by atoms with Gasteiger partial charge in [-0.2, -0.15) is 5.26 Å². The van der Waals surface area contributed by atoms with Crippen molar-refractivity contribution in [2.24, 2.45) is 0 Å². The SMILES string of the molecule is CC(C)(C)OC(=O)Nc1cccc(C2=CC=CC(c3nc4cc(C=O)cc(C#N)c4o3)C2(C)Cl)c1. The van der Waals surface area contributed by atoms with Crippen molar-refractivity contribution in [3.63, 3.8) is 0 Å². The number of nitriles is 1. The first-order chi connectivity index (χ1) is 16.5. The van der Waals surface area contributed by atoms with E-state index in [9.17, 15) is 14.9 Å². The van der Waals surface area contributed by atoms with E-state index in [1.807, 2.05) is 43.4 Å².